The van der Waals surface area contributed by atoms with Crippen molar-refractivity contribution in [2.24, 2.45) is 10.8 Å². The molecule has 2 aromatic heterocycles. The Bertz CT molecular complexity index is 1010. The Labute approximate surface area is 177 Å². The van der Waals surface area contributed by atoms with Crippen LogP contribution in [0.5, 0.6) is 0 Å². The van der Waals surface area contributed by atoms with Crippen LogP contribution < -0.4 is 5.56 Å². The maximum Gasteiger partial charge on any atom is 0.264 e. The Kier molecular flexibility index (Phi) is 5.12. The zero-order valence-electron chi connectivity index (χ0n) is 18.4. The minimum atomic E-state index is -0.00726. The van der Waals surface area contributed by atoms with Crippen molar-refractivity contribution in [2.45, 2.75) is 85.7 Å². The molecule has 5 nitrogen and oxygen atoms in total. The number of aromatic nitrogens is 2. The summed E-state index contributed by atoms with van der Waals surface area (Å²) in [5.74, 6) is 0.0915. The molecule has 0 N–H and O–H groups in total. The van der Waals surface area contributed by atoms with E-state index in [0.29, 0.717) is 27.7 Å². The summed E-state index contributed by atoms with van der Waals surface area (Å²) in [5.41, 5.74) is 1.28. The summed E-state index contributed by atoms with van der Waals surface area (Å²) >= 11 is 1.39. The van der Waals surface area contributed by atoms with E-state index in [1.807, 2.05) is 6.92 Å². The van der Waals surface area contributed by atoms with E-state index < -0.39 is 0 Å². The van der Waals surface area contributed by atoms with E-state index in [4.69, 9.17) is 0 Å². The van der Waals surface area contributed by atoms with Crippen molar-refractivity contribution in [2.75, 3.05) is 6.54 Å². The van der Waals surface area contributed by atoms with E-state index in [-0.39, 0.29) is 22.3 Å². The quantitative estimate of drug-likeness (QED) is 0.646. The molecule has 0 radical (unpaired) electrons. The van der Waals surface area contributed by atoms with Gasteiger partial charge in [0.25, 0.3) is 11.5 Å². The van der Waals surface area contributed by atoms with E-state index in [9.17, 15) is 9.59 Å². The number of carbonyl (C=O) groups excluding carboxylic acids is 1. The van der Waals surface area contributed by atoms with Crippen molar-refractivity contribution >= 4 is 27.5 Å². The Morgan fingerprint density at radius 2 is 2.03 bits per heavy atom. The maximum atomic E-state index is 13.5. The second kappa shape index (κ2) is 7.22. The van der Waals surface area contributed by atoms with Gasteiger partial charge >= 0.3 is 0 Å². The average Bonchev–Trinajstić information content (AvgIpc) is 3.09. The molecule has 1 aliphatic carbocycles. The van der Waals surface area contributed by atoms with Gasteiger partial charge in [-0.15, -0.1) is 11.3 Å². The van der Waals surface area contributed by atoms with E-state index in [0.717, 1.165) is 50.6 Å². The normalized spacial score (nSPS) is 25.7. The van der Waals surface area contributed by atoms with Gasteiger partial charge in [-0.3, -0.25) is 14.2 Å². The molecule has 2 aromatic rings. The molecule has 2 atom stereocenters. The number of nitrogens with zero attached hydrogens (tertiary/aromatic N) is 3. The molecule has 0 aromatic carbocycles. The summed E-state index contributed by atoms with van der Waals surface area (Å²) in [6.45, 7) is 12.5. The highest BCUT2D eigenvalue weighted by molar-refractivity contribution is 7.20. The van der Waals surface area contributed by atoms with Gasteiger partial charge in [0.1, 0.15) is 4.83 Å². The highest BCUT2D eigenvalue weighted by atomic mass is 32.1. The Morgan fingerprint density at radius 1 is 1.28 bits per heavy atom. The second-order valence-electron chi connectivity index (χ2n) is 10.3. The third-order valence-electron chi connectivity index (χ3n) is 6.79. The number of carbonyl (C=O) groups is 1. The van der Waals surface area contributed by atoms with Crippen LogP contribution in [0.2, 0.25) is 0 Å². The maximum absolute atomic E-state index is 13.5. The number of amides is 1. The molecule has 1 saturated carbocycles. The third-order valence-corrected chi connectivity index (χ3v) is 7.98. The van der Waals surface area contributed by atoms with Gasteiger partial charge in [0.15, 0.2) is 0 Å². The predicted molar refractivity (Wildman–Crippen MR) is 119 cm³/mol. The summed E-state index contributed by atoms with van der Waals surface area (Å²) in [7, 11) is 0. The molecule has 1 saturated heterocycles. The molecule has 158 valence electrons. The van der Waals surface area contributed by atoms with E-state index >= 15 is 0 Å². The fourth-order valence-electron chi connectivity index (χ4n) is 5.88. The van der Waals surface area contributed by atoms with Crippen molar-refractivity contribution in [1.29, 1.82) is 0 Å². The molecule has 1 amide bonds. The molecule has 0 spiro atoms. The topological polar surface area (TPSA) is 55.2 Å². The summed E-state index contributed by atoms with van der Waals surface area (Å²) < 4.78 is 1.71. The number of thiophene rings is 1. The minimum absolute atomic E-state index is 0.00726. The van der Waals surface area contributed by atoms with Crippen LogP contribution in [0.3, 0.4) is 0 Å². The van der Waals surface area contributed by atoms with Gasteiger partial charge in [0.2, 0.25) is 0 Å². The smallest absolute Gasteiger partial charge is 0.264 e. The minimum Gasteiger partial charge on any atom is -0.334 e. The molecule has 2 fully saturated rings. The van der Waals surface area contributed by atoms with Crippen molar-refractivity contribution in [1.82, 2.24) is 14.5 Å². The lowest BCUT2D eigenvalue weighted by molar-refractivity contribution is 0.0712. The van der Waals surface area contributed by atoms with Gasteiger partial charge in [-0.25, -0.2) is 4.98 Å². The van der Waals surface area contributed by atoms with Crippen molar-refractivity contribution < 1.29 is 4.79 Å². The fraction of sp³-hybridized carbons (Fsp3) is 0.696. The van der Waals surface area contributed by atoms with Gasteiger partial charge in [-0.2, -0.15) is 0 Å². The molecule has 6 heteroatoms. The van der Waals surface area contributed by atoms with Crippen LogP contribution in [0.1, 0.15) is 81.5 Å². The summed E-state index contributed by atoms with van der Waals surface area (Å²) in [6, 6.07) is 0.305. The van der Waals surface area contributed by atoms with Crippen molar-refractivity contribution in [3.8, 4) is 0 Å². The monoisotopic (exact) mass is 415 g/mol. The van der Waals surface area contributed by atoms with Gasteiger partial charge in [0.05, 0.1) is 16.6 Å². The first-order valence-electron chi connectivity index (χ1n) is 10.9. The van der Waals surface area contributed by atoms with Crippen LogP contribution in [-0.4, -0.2) is 32.9 Å². The van der Waals surface area contributed by atoms with Gasteiger partial charge in [-0.05, 0) is 49.0 Å². The lowest BCUT2D eigenvalue weighted by Gasteiger charge is -2.39. The first-order chi connectivity index (χ1) is 13.6. The van der Waals surface area contributed by atoms with Crippen LogP contribution in [0, 0.1) is 17.8 Å². The fourth-order valence-corrected chi connectivity index (χ4v) is 6.98. The molecule has 29 heavy (non-hydrogen) atoms. The number of likely N-dealkylation sites (tertiary alicyclic amines) is 1. The van der Waals surface area contributed by atoms with Crippen LogP contribution >= 0.6 is 11.3 Å². The lowest BCUT2D eigenvalue weighted by Crippen LogP contribution is -2.37. The molecule has 2 aliphatic rings. The molecular formula is C23H33N3O2S. The number of hydrogen-bond donors (Lipinski definition) is 0. The number of hydrogen-bond acceptors (Lipinski definition) is 4. The highest BCUT2D eigenvalue weighted by Crippen LogP contribution is 2.53. The molecule has 4 rings (SSSR count). The van der Waals surface area contributed by atoms with Crippen molar-refractivity contribution in [3.63, 3.8) is 0 Å². The number of aryl methyl sites for hydroxylation is 2. The number of rotatable bonds is 5. The van der Waals surface area contributed by atoms with Gasteiger partial charge < -0.3 is 4.90 Å². The molecule has 2 bridgehead atoms. The van der Waals surface area contributed by atoms with Crippen LogP contribution in [0.25, 0.3) is 10.2 Å². The Hall–Kier alpha value is -1.69. The van der Waals surface area contributed by atoms with Gasteiger partial charge in [-0.1, -0.05) is 40.5 Å². The molecule has 2 unspecified atom stereocenters. The van der Waals surface area contributed by atoms with Gasteiger partial charge in [0, 0.05) is 19.1 Å². The zero-order chi connectivity index (χ0) is 21.0. The summed E-state index contributed by atoms with van der Waals surface area (Å²) in [4.78, 5) is 34.6. The summed E-state index contributed by atoms with van der Waals surface area (Å²) in [6.07, 6.45) is 8.15. The van der Waals surface area contributed by atoms with Crippen LogP contribution in [0.4, 0.5) is 0 Å². The van der Waals surface area contributed by atoms with E-state index in [2.05, 4.69) is 37.6 Å². The molecular weight excluding hydrogens is 382 g/mol. The first kappa shape index (κ1) is 20.6. The third kappa shape index (κ3) is 3.65. The second-order valence-corrected chi connectivity index (χ2v) is 11.3. The van der Waals surface area contributed by atoms with E-state index in [1.165, 1.54) is 11.3 Å². The zero-order valence-corrected chi connectivity index (χ0v) is 19.2. The first-order valence-corrected chi connectivity index (χ1v) is 11.8. The average molecular weight is 416 g/mol. The Morgan fingerprint density at radius 3 is 2.76 bits per heavy atom. The number of fused-ring (bicyclic) bond motifs is 3. The molecule has 1 aliphatic heterocycles. The standard InChI is InChI=1S/C23H33N3O2S/c1-6-7-8-9-25-14-24-19-17(20(25)27)15(2)18(29-19)21(28)26-13-23(5)11-16(26)10-22(3,4)12-23/h14,16H,6-13H2,1-5H3. The van der Waals surface area contributed by atoms with Crippen molar-refractivity contribution in [3.05, 3.63) is 27.1 Å². The van der Waals surface area contributed by atoms with Crippen LogP contribution in [-0.2, 0) is 6.54 Å². The van der Waals surface area contributed by atoms with Crippen LogP contribution in [0.15, 0.2) is 11.1 Å². The predicted octanol–water partition coefficient (Wildman–Crippen LogP) is 5.00. The van der Waals surface area contributed by atoms with E-state index in [1.54, 1.807) is 10.9 Å². The number of unbranched alkanes of at least 4 members (excludes halogenated alkanes) is 2. The largest absolute Gasteiger partial charge is 0.334 e. The highest BCUT2D eigenvalue weighted by Gasteiger charge is 2.51. The lowest BCUT2D eigenvalue weighted by atomic mass is 9.65. The molecule has 3 heterocycles. The Balaban J connectivity index is 1.66. The SMILES string of the molecule is CCCCCn1cnc2sc(C(=O)N3CC4(C)CC3CC(C)(C)C4)c(C)c2c1=O. The summed E-state index contributed by atoms with van der Waals surface area (Å²) in [5, 5.41) is 0.631.